The highest BCUT2D eigenvalue weighted by Gasteiger charge is 2.02. The van der Waals surface area contributed by atoms with Gasteiger partial charge in [-0.3, -0.25) is 4.79 Å². The molecule has 0 heterocycles. The molecule has 0 aliphatic carbocycles. The van der Waals surface area contributed by atoms with E-state index in [0.717, 1.165) is 24.0 Å². The summed E-state index contributed by atoms with van der Waals surface area (Å²) >= 11 is 0. The van der Waals surface area contributed by atoms with E-state index in [9.17, 15) is 4.79 Å². The molecule has 100 valence electrons. The van der Waals surface area contributed by atoms with Crippen LogP contribution >= 0.6 is 0 Å². The largest absolute Gasteiger partial charge is 0.489 e. The van der Waals surface area contributed by atoms with Crippen LogP contribution in [-0.2, 0) is 0 Å². The zero-order valence-electron chi connectivity index (χ0n) is 11.7. The van der Waals surface area contributed by atoms with Crippen LogP contribution in [0, 0.1) is 6.92 Å². The van der Waals surface area contributed by atoms with E-state index in [1.54, 1.807) is 6.07 Å². The van der Waals surface area contributed by atoms with Gasteiger partial charge in [-0.15, -0.1) is 0 Å². The average molecular weight is 249 g/mol. The summed E-state index contributed by atoms with van der Waals surface area (Å²) in [7, 11) is 3.75. The maximum absolute atomic E-state index is 10.7. The molecule has 0 saturated carbocycles. The van der Waals surface area contributed by atoms with E-state index in [0.29, 0.717) is 12.2 Å². The molecule has 1 N–H and O–H groups in total. The van der Waals surface area contributed by atoms with E-state index in [4.69, 9.17) is 4.74 Å². The predicted octanol–water partition coefficient (Wildman–Crippen LogP) is 2.99. The number of hydrogen-bond donors (Lipinski definition) is 1. The summed E-state index contributed by atoms with van der Waals surface area (Å²) in [6.45, 7) is 4.52. The fraction of sp³-hybridized carbons (Fsp3) is 0.400. The quantitative estimate of drug-likeness (QED) is 0.644. The first-order valence-electron chi connectivity index (χ1n) is 6.12. The Bertz CT molecular complexity index is 373. The monoisotopic (exact) mass is 249 g/mol. The van der Waals surface area contributed by atoms with Gasteiger partial charge in [0.1, 0.15) is 18.6 Å². The summed E-state index contributed by atoms with van der Waals surface area (Å²) in [6, 6.07) is 5.49. The minimum atomic E-state index is 0.553. The molecule has 1 aromatic carbocycles. The normalized spacial score (nSPS) is 9.78. The molecule has 0 bridgehead atoms. The molecule has 1 aromatic rings. The van der Waals surface area contributed by atoms with Crippen molar-refractivity contribution >= 4 is 6.29 Å². The first-order valence-corrected chi connectivity index (χ1v) is 6.12. The minimum Gasteiger partial charge on any atom is -0.489 e. The summed E-state index contributed by atoms with van der Waals surface area (Å²) in [5, 5.41) is 2.75. The maximum atomic E-state index is 10.7. The molecule has 3 heteroatoms. The van der Waals surface area contributed by atoms with Gasteiger partial charge >= 0.3 is 0 Å². The fourth-order valence-corrected chi connectivity index (χ4v) is 1.29. The van der Waals surface area contributed by atoms with Gasteiger partial charge in [0, 0.05) is 11.1 Å². The van der Waals surface area contributed by atoms with Crippen LogP contribution in [0.15, 0.2) is 30.4 Å². The van der Waals surface area contributed by atoms with Crippen LogP contribution in [0.1, 0.15) is 29.3 Å². The summed E-state index contributed by atoms with van der Waals surface area (Å²) < 4.78 is 5.54. The number of benzene rings is 1. The molecular weight excluding hydrogens is 226 g/mol. The standard InChI is InChI=1S/C13H16O2.C2H7N/c1-3-4-5-9-15-13-8-6-7-12(10-14)11(13)2;1-3-2/h4-8,10H,3,9H2,1-2H3;3H,1-2H3/b5-4-;. The molecule has 0 amide bonds. The van der Waals surface area contributed by atoms with Gasteiger partial charge in [0.25, 0.3) is 0 Å². The number of ether oxygens (including phenoxy) is 1. The Kier molecular flexibility index (Phi) is 9.60. The second-order valence-electron chi connectivity index (χ2n) is 3.78. The summed E-state index contributed by atoms with van der Waals surface area (Å²) in [6.07, 6.45) is 5.90. The van der Waals surface area contributed by atoms with Crippen molar-refractivity contribution in [3.8, 4) is 5.75 Å². The number of rotatable bonds is 5. The molecule has 0 aromatic heterocycles. The number of nitrogens with one attached hydrogen (secondary N) is 1. The molecule has 0 atom stereocenters. The van der Waals surface area contributed by atoms with Crippen LogP contribution < -0.4 is 10.1 Å². The number of allylic oxidation sites excluding steroid dienone is 1. The van der Waals surface area contributed by atoms with E-state index in [2.05, 4.69) is 18.3 Å². The Morgan fingerprint density at radius 2 is 1.94 bits per heavy atom. The van der Waals surface area contributed by atoms with E-state index in [-0.39, 0.29) is 0 Å². The molecular formula is C15H23NO2. The lowest BCUT2D eigenvalue weighted by Crippen LogP contribution is -1.97. The van der Waals surface area contributed by atoms with Gasteiger partial charge in [0.15, 0.2) is 0 Å². The van der Waals surface area contributed by atoms with Crippen LogP contribution in [0.2, 0.25) is 0 Å². The van der Waals surface area contributed by atoms with Crippen LogP contribution in [0.3, 0.4) is 0 Å². The Morgan fingerprint density at radius 3 is 2.50 bits per heavy atom. The predicted molar refractivity (Wildman–Crippen MR) is 76.5 cm³/mol. The van der Waals surface area contributed by atoms with Crippen molar-refractivity contribution in [3.63, 3.8) is 0 Å². The molecule has 3 nitrogen and oxygen atoms in total. The van der Waals surface area contributed by atoms with Crippen molar-refractivity contribution in [1.29, 1.82) is 0 Å². The summed E-state index contributed by atoms with van der Waals surface area (Å²) in [4.78, 5) is 10.7. The number of carbonyl (C=O) groups is 1. The number of carbonyl (C=O) groups excluding carboxylic acids is 1. The van der Waals surface area contributed by atoms with Gasteiger partial charge < -0.3 is 10.1 Å². The third kappa shape index (κ3) is 6.21. The Labute approximate surface area is 110 Å². The van der Waals surface area contributed by atoms with Gasteiger partial charge in [-0.2, -0.15) is 0 Å². The van der Waals surface area contributed by atoms with Crippen molar-refractivity contribution in [1.82, 2.24) is 5.32 Å². The van der Waals surface area contributed by atoms with E-state index >= 15 is 0 Å². The molecule has 0 spiro atoms. The van der Waals surface area contributed by atoms with Crippen molar-refractivity contribution in [2.24, 2.45) is 0 Å². The van der Waals surface area contributed by atoms with E-state index in [1.165, 1.54) is 0 Å². The lowest BCUT2D eigenvalue weighted by Gasteiger charge is -2.07. The van der Waals surface area contributed by atoms with Crippen molar-refractivity contribution in [3.05, 3.63) is 41.5 Å². The SMILES string of the molecule is CC/C=C\COc1cccc(C=O)c1C.CNC. The molecule has 0 aliphatic heterocycles. The molecule has 0 fully saturated rings. The zero-order valence-corrected chi connectivity index (χ0v) is 11.7. The molecule has 1 rings (SSSR count). The van der Waals surface area contributed by atoms with Gasteiger partial charge in [0.2, 0.25) is 0 Å². The number of hydrogen-bond acceptors (Lipinski definition) is 3. The van der Waals surface area contributed by atoms with Crippen LogP contribution in [-0.4, -0.2) is 27.0 Å². The average Bonchev–Trinajstić information content (AvgIpc) is 2.37. The molecule has 0 radical (unpaired) electrons. The van der Waals surface area contributed by atoms with Crippen LogP contribution in [0.25, 0.3) is 0 Å². The van der Waals surface area contributed by atoms with Crippen molar-refractivity contribution < 1.29 is 9.53 Å². The Hall–Kier alpha value is -1.61. The first kappa shape index (κ1) is 16.4. The van der Waals surface area contributed by atoms with Crippen molar-refractivity contribution in [2.45, 2.75) is 20.3 Å². The van der Waals surface area contributed by atoms with Gasteiger partial charge in [-0.05, 0) is 33.5 Å². The highest BCUT2D eigenvalue weighted by atomic mass is 16.5. The molecule has 0 saturated heterocycles. The molecule has 0 aliphatic rings. The maximum Gasteiger partial charge on any atom is 0.150 e. The highest BCUT2D eigenvalue weighted by molar-refractivity contribution is 5.78. The van der Waals surface area contributed by atoms with Gasteiger partial charge in [0.05, 0.1) is 0 Å². The zero-order chi connectivity index (χ0) is 13.8. The topological polar surface area (TPSA) is 38.3 Å². The third-order valence-corrected chi connectivity index (χ3v) is 2.19. The van der Waals surface area contributed by atoms with Crippen LogP contribution in [0.5, 0.6) is 5.75 Å². The fourth-order valence-electron chi connectivity index (χ4n) is 1.29. The highest BCUT2D eigenvalue weighted by Crippen LogP contribution is 2.19. The second-order valence-corrected chi connectivity index (χ2v) is 3.78. The second kappa shape index (κ2) is 10.5. The first-order chi connectivity index (χ1) is 8.71. The lowest BCUT2D eigenvalue weighted by atomic mass is 10.1. The Morgan fingerprint density at radius 1 is 1.28 bits per heavy atom. The van der Waals surface area contributed by atoms with Gasteiger partial charge in [-0.1, -0.05) is 31.2 Å². The molecule has 0 unspecified atom stereocenters. The third-order valence-electron chi connectivity index (χ3n) is 2.19. The number of aldehydes is 1. The summed E-state index contributed by atoms with van der Waals surface area (Å²) in [5.74, 6) is 0.778. The van der Waals surface area contributed by atoms with E-state index in [1.807, 2.05) is 39.2 Å². The molecule has 18 heavy (non-hydrogen) atoms. The lowest BCUT2D eigenvalue weighted by molar-refractivity contribution is 0.112. The van der Waals surface area contributed by atoms with Crippen molar-refractivity contribution in [2.75, 3.05) is 20.7 Å². The Balaban J connectivity index is 0.000000873. The van der Waals surface area contributed by atoms with Crippen LogP contribution in [0.4, 0.5) is 0 Å². The smallest absolute Gasteiger partial charge is 0.150 e. The van der Waals surface area contributed by atoms with E-state index < -0.39 is 0 Å². The van der Waals surface area contributed by atoms with Gasteiger partial charge in [-0.25, -0.2) is 0 Å². The minimum absolute atomic E-state index is 0.553. The summed E-state index contributed by atoms with van der Waals surface area (Å²) in [5.41, 5.74) is 1.59.